The molecule has 0 bridgehead atoms. The van der Waals surface area contributed by atoms with E-state index in [4.69, 9.17) is 14.2 Å². The second-order valence-electron chi connectivity index (χ2n) is 9.15. The maximum absolute atomic E-state index is 13.2. The van der Waals surface area contributed by atoms with Crippen molar-refractivity contribution in [3.63, 3.8) is 0 Å². The van der Waals surface area contributed by atoms with E-state index in [0.29, 0.717) is 62.8 Å². The van der Waals surface area contributed by atoms with Crippen molar-refractivity contribution in [3.8, 4) is 17.2 Å². The number of urea groups is 1. The first-order valence-corrected chi connectivity index (χ1v) is 12.4. The van der Waals surface area contributed by atoms with Gasteiger partial charge in [-0.05, 0) is 31.0 Å². The maximum atomic E-state index is 13.2. The van der Waals surface area contributed by atoms with Crippen LogP contribution in [0.4, 0.5) is 10.5 Å². The predicted molar refractivity (Wildman–Crippen MR) is 138 cm³/mol. The summed E-state index contributed by atoms with van der Waals surface area (Å²) in [5.74, 6) is 2.09. The number of para-hydroxylation sites is 1. The van der Waals surface area contributed by atoms with Crippen LogP contribution in [0.1, 0.15) is 18.4 Å². The standard InChI is InChI=1S/C27H36N4O5/c1-34-23-10-9-21(24(35-2)25(23)36-3)19-29-15-17-30(18-16-29)26(32)20-11-13-31(14-12-20)27(33)28-22-7-5-4-6-8-22/h4-10,20H,11-19H2,1-3H3,(H,28,33). The highest BCUT2D eigenvalue weighted by Crippen LogP contribution is 2.40. The Hall–Kier alpha value is -3.46. The summed E-state index contributed by atoms with van der Waals surface area (Å²) in [6.45, 7) is 4.87. The number of hydrogen-bond acceptors (Lipinski definition) is 6. The average molecular weight is 497 g/mol. The van der Waals surface area contributed by atoms with Gasteiger partial charge in [-0.2, -0.15) is 0 Å². The average Bonchev–Trinajstić information content (AvgIpc) is 2.93. The molecular formula is C27H36N4O5. The lowest BCUT2D eigenvalue weighted by atomic mass is 9.95. The molecule has 2 aliphatic heterocycles. The molecule has 4 rings (SSSR count). The minimum absolute atomic E-state index is 0.0248. The summed E-state index contributed by atoms with van der Waals surface area (Å²) in [6.07, 6.45) is 1.40. The fourth-order valence-electron chi connectivity index (χ4n) is 4.97. The van der Waals surface area contributed by atoms with Crippen molar-refractivity contribution in [3.05, 3.63) is 48.0 Å². The molecule has 0 aliphatic carbocycles. The van der Waals surface area contributed by atoms with Crippen LogP contribution in [0.15, 0.2) is 42.5 Å². The van der Waals surface area contributed by atoms with Crippen LogP contribution in [0.2, 0.25) is 0 Å². The number of benzene rings is 2. The number of anilines is 1. The maximum Gasteiger partial charge on any atom is 0.321 e. The van der Waals surface area contributed by atoms with E-state index in [9.17, 15) is 9.59 Å². The number of amides is 3. The molecule has 2 heterocycles. The third-order valence-corrected chi connectivity index (χ3v) is 7.02. The van der Waals surface area contributed by atoms with Crippen molar-refractivity contribution >= 4 is 17.6 Å². The van der Waals surface area contributed by atoms with Crippen LogP contribution >= 0.6 is 0 Å². The zero-order valence-corrected chi connectivity index (χ0v) is 21.4. The minimum atomic E-state index is -0.105. The number of carbonyl (C=O) groups excluding carboxylic acids is 2. The molecular weight excluding hydrogens is 460 g/mol. The number of ether oxygens (including phenoxy) is 3. The lowest BCUT2D eigenvalue weighted by Crippen LogP contribution is -2.51. The van der Waals surface area contributed by atoms with Gasteiger partial charge in [-0.1, -0.05) is 24.3 Å². The lowest BCUT2D eigenvalue weighted by molar-refractivity contribution is -0.138. The minimum Gasteiger partial charge on any atom is -0.493 e. The summed E-state index contributed by atoms with van der Waals surface area (Å²) in [6, 6.07) is 13.2. The zero-order chi connectivity index (χ0) is 25.5. The molecule has 0 atom stereocenters. The molecule has 2 saturated heterocycles. The van der Waals surface area contributed by atoms with Gasteiger partial charge >= 0.3 is 6.03 Å². The SMILES string of the molecule is COc1ccc(CN2CCN(C(=O)C3CCN(C(=O)Nc4ccccc4)CC3)CC2)c(OC)c1OC. The quantitative estimate of drug-likeness (QED) is 0.633. The topological polar surface area (TPSA) is 83.6 Å². The number of hydrogen-bond donors (Lipinski definition) is 1. The van der Waals surface area contributed by atoms with Gasteiger partial charge in [0.15, 0.2) is 11.5 Å². The van der Waals surface area contributed by atoms with Gasteiger partial charge in [0.25, 0.3) is 0 Å². The van der Waals surface area contributed by atoms with Gasteiger partial charge in [-0.25, -0.2) is 4.79 Å². The Kier molecular flexibility index (Phi) is 8.53. The second-order valence-corrected chi connectivity index (χ2v) is 9.15. The largest absolute Gasteiger partial charge is 0.493 e. The van der Waals surface area contributed by atoms with E-state index < -0.39 is 0 Å². The Morgan fingerprint density at radius 3 is 2.08 bits per heavy atom. The molecule has 9 nitrogen and oxygen atoms in total. The van der Waals surface area contributed by atoms with Crippen molar-refractivity contribution in [1.82, 2.24) is 14.7 Å². The number of rotatable bonds is 7. The summed E-state index contributed by atoms with van der Waals surface area (Å²) in [5, 5.41) is 2.93. The van der Waals surface area contributed by atoms with Crippen LogP contribution in [0.5, 0.6) is 17.2 Å². The molecule has 2 aliphatic rings. The number of nitrogens with zero attached hydrogens (tertiary/aromatic N) is 3. The lowest BCUT2D eigenvalue weighted by Gasteiger charge is -2.38. The molecule has 36 heavy (non-hydrogen) atoms. The smallest absolute Gasteiger partial charge is 0.321 e. The van der Waals surface area contributed by atoms with E-state index in [-0.39, 0.29) is 17.9 Å². The molecule has 2 aromatic rings. The van der Waals surface area contributed by atoms with E-state index in [2.05, 4.69) is 10.2 Å². The number of methoxy groups -OCH3 is 3. The van der Waals surface area contributed by atoms with Gasteiger partial charge in [0.2, 0.25) is 11.7 Å². The summed E-state index contributed by atoms with van der Waals surface area (Å²) in [5.41, 5.74) is 1.81. The third-order valence-electron chi connectivity index (χ3n) is 7.02. The summed E-state index contributed by atoms with van der Waals surface area (Å²) >= 11 is 0. The number of likely N-dealkylation sites (tertiary alicyclic amines) is 1. The van der Waals surface area contributed by atoms with E-state index in [1.165, 1.54) is 0 Å². The van der Waals surface area contributed by atoms with Gasteiger partial charge in [0, 0.05) is 63.0 Å². The van der Waals surface area contributed by atoms with Crippen molar-refractivity contribution in [1.29, 1.82) is 0 Å². The Morgan fingerprint density at radius 2 is 1.47 bits per heavy atom. The monoisotopic (exact) mass is 496 g/mol. The van der Waals surface area contributed by atoms with Crippen LogP contribution in [0.3, 0.4) is 0 Å². The Morgan fingerprint density at radius 1 is 0.806 bits per heavy atom. The molecule has 0 unspecified atom stereocenters. The van der Waals surface area contributed by atoms with Crippen molar-refractivity contribution < 1.29 is 23.8 Å². The highest BCUT2D eigenvalue weighted by atomic mass is 16.5. The van der Waals surface area contributed by atoms with Crippen molar-refractivity contribution in [2.45, 2.75) is 19.4 Å². The predicted octanol–water partition coefficient (Wildman–Crippen LogP) is 3.30. The molecule has 0 spiro atoms. The third kappa shape index (κ3) is 5.84. The van der Waals surface area contributed by atoms with E-state index in [1.807, 2.05) is 47.4 Å². The molecule has 0 aromatic heterocycles. The van der Waals surface area contributed by atoms with Gasteiger partial charge in [0.05, 0.1) is 21.3 Å². The van der Waals surface area contributed by atoms with Crippen LogP contribution in [0.25, 0.3) is 0 Å². The number of nitrogens with one attached hydrogen (secondary N) is 1. The van der Waals surface area contributed by atoms with Gasteiger partial charge in [-0.15, -0.1) is 0 Å². The van der Waals surface area contributed by atoms with Crippen molar-refractivity contribution in [2.75, 3.05) is 65.9 Å². The first-order valence-electron chi connectivity index (χ1n) is 12.4. The van der Waals surface area contributed by atoms with Crippen LogP contribution in [0, 0.1) is 5.92 Å². The van der Waals surface area contributed by atoms with E-state index in [0.717, 1.165) is 24.3 Å². The first kappa shape index (κ1) is 25.6. The molecule has 0 radical (unpaired) electrons. The highest BCUT2D eigenvalue weighted by Gasteiger charge is 2.32. The normalized spacial score (nSPS) is 17.0. The van der Waals surface area contributed by atoms with Crippen LogP contribution < -0.4 is 19.5 Å². The summed E-state index contributed by atoms with van der Waals surface area (Å²) in [7, 11) is 4.85. The number of piperazine rings is 1. The highest BCUT2D eigenvalue weighted by molar-refractivity contribution is 5.89. The summed E-state index contributed by atoms with van der Waals surface area (Å²) < 4.78 is 16.5. The van der Waals surface area contributed by atoms with E-state index >= 15 is 0 Å². The zero-order valence-electron chi connectivity index (χ0n) is 21.4. The molecule has 2 fully saturated rings. The summed E-state index contributed by atoms with van der Waals surface area (Å²) in [4.78, 5) is 31.8. The van der Waals surface area contributed by atoms with Crippen molar-refractivity contribution in [2.24, 2.45) is 5.92 Å². The fourth-order valence-corrected chi connectivity index (χ4v) is 4.97. The Bertz CT molecular complexity index is 1030. The molecule has 1 N–H and O–H groups in total. The molecule has 2 aromatic carbocycles. The van der Waals surface area contributed by atoms with Gasteiger partial charge in [0.1, 0.15) is 0 Å². The van der Waals surface area contributed by atoms with Gasteiger partial charge in [-0.3, -0.25) is 9.69 Å². The Balaban J connectivity index is 1.25. The Labute approximate surface area is 212 Å². The fraction of sp³-hybridized carbons (Fsp3) is 0.481. The number of carbonyl (C=O) groups is 2. The molecule has 3 amide bonds. The molecule has 9 heteroatoms. The second kappa shape index (κ2) is 12.0. The van der Waals surface area contributed by atoms with Crippen LogP contribution in [-0.4, -0.2) is 87.2 Å². The first-order chi connectivity index (χ1) is 17.5. The molecule has 194 valence electrons. The number of piperidine rings is 1. The van der Waals surface area contributed by atoms with Crippen LogP contribution in [-0.2, 0) is 11.3 Å². The van der Waals surface area contributed by atoms with E-state index in [1.54, 1.807) is 26.2 Å². The van der Waals surface area contributed by atoms with Gasteiger partial charge < -0.3 is 29.3 Å². The molecule has 0 saturated carbocycles.